The van der Waals surface area contributed by atoms with Crippen LogP contribution in [-0.2, 0) is 13.1 Å². The summed E-state index contributed by atoms with van der Waals surface area (Å²) in [5.74, 6) is -0.0143. The average molecular weight is 504 g/mol. The summed E-state index contributed by atoms with van der Waals surface area (Å²) >= 11 is 0. The zero-order valence-electron chi connectivity index (χ0n) is 22.2. The highest BCUT2D eigenvalue weighted by molar-refractivity contribution is 5.98. The van der Waals surface area contributed by atoms with E-state index in [2.05, 4.69) is 10.4 Å². The number of Topliss-reactive ketones (excluding diaryl/α,β-unsaturated/α-hetero) is 1. The van der Waals surface area contributed by atoms with Crippen molar-refractivity contribution in [3.8, 4) is 0 Å². The number of hydrogen-bond donors (Lipinski definition) is 1. The van der Waals surface area contributed by atoms with Gasteiger partial charge in [0.25, 0.3) is 11.5 Å². The van der Waals surface area contributed by atoms with E-state index in [0.29, 0.717) is 29.6 Å². The second-order valence-electron chi connectivity index (χ2n) is 10.5. The van der Waals surface area contributed by atoms with Crippen LogP contribution in [0.4, 0.5) is 0 Å². The quantitative estimate of drug-likeness (QED) is 0.371. The van der Waals surface area contributed by atoms with Crippen molar-refractivity contribution < 1.29 is 9.59 Å². The van der Waals surface area contributed by atoms with E-state index in [1.54, 1.807) is 24.3 Å². The molecule has 4 aromatic rings. The summed E-state index contributed by atoms with van der Waals surface area (Å²) in [4.78, 5) is 52.9. The number of rotatable bonds is 8. The first-order valence-corrected chi connectivity index (χ1v) is 12.5. The maximum Gasteiger partial charge on any atom is 0.352 e. The Morgan fingerprint density at radius 1 is 0.973 bits per heavy atom. The van der Waals surface area contributed by atoms with Crippen LogP contribution in [0, 0.1) is 25.7 Å². The van der Waals surface area contributed by atoms with E-state index in [-0.39, 0.29) is 46.9 Å². The first-order chi connectivity index (χ1) is 17.5. The van der Waals surface area contributed by atoms with Gasteiger partial charge in [-0.2, -0.15) is 0 Å². The Bertz CT molecular complexity index is 1640. The molecule has 194 valence electrons. The van der Waals surface area contributed by atoms with Crippen LogP contribution in [0.5, 0.6) is 0 Å². The van der Waals surface area contributed by atoms with Gasteiger partial charge in [0.05, 0.1) is 10.9 Å². The Kier molecular flexibility index (Phi) is 7.16. The maximum absolute atomic E-state index is 13.6. The fourth-order valence-electron chi connectivity index (χ4n) is 4.35. The third kappa shape index (κ3) is 5.12. The molecule has 9 nitrogen and oxygen atoms in total. The molecule has 0 atom stereocenters. The molecule has 4 rings (SSSR count). The Morgan fingerprint density at radius 3 is 2.38 bits per heavy atom. The zero-order chi connectivity index (χ0) is 27.0. The minimum atomic E-state index is -0.545. The number of ketones is 1. The van der Waals surface area contributed by atoms with Gasteiger partial charge >= 0.3 is 5.69 Å². The normalized spacial score (nSPS) is 11.7. The van der Waals surface area contributed by atoms with Crippen molar-refractivity contribution in [2.45, 2.75) is 54.6 Å². The van der Waals surface area contributed by atoms with Gasteiger partial charge in [-0.15, -0.1) is 5.10 Å². The van der Waals surface area contributed by atoms with Gasteiger partial charge in [-0.1, -0.05) is 45.4 Å². The molecule has 9 heteroatoms. The standard InChI is InChI=1S/C28H33N5O4/c1-16(2)13-29-25(35)20-9-10-21-23(12-20)33-27(31(26(21)36)14-17(3)4)30-32(28(33)37)15-24(34)22-11-18(5)7-8-19(22)6/h7-12,16-17H,13-15H2,1-6H3,(H,29,35). The van der Waals surface area contributed by atoms with E-state index in [1.807, 2.05) is 53.7 Å². The molecule has 0 aliphatic heterocycles. The molecule has 2 aromatic carbocycles. The van der Waals surface area contributed by atoms with E-state index >= 15 is 0 Å². The minimum absolute atomic E-state index is 0.108. The average Bonchev–Trinajstić information content (AvgIpc) is 3.16. The Hall–Kier alpha value is -4.01. The van der Waals surface area contributed by atoms with Gasteiger partial charge in [0.2, 0.25) is 5.78 Å². The molecule has 2 aromatic heterocycles. The van der Waals surface area contributed by atoms with Crippen molar-refractivity contribution in [3.63, 3.8) is 0 Å². The fourth-order valence-corrected chi connectivity index (χ4v) is 4.35. The highest BCUT2D eigenvalue weighted by atomic mass is 16.2. The fraction of sp³-hybridized carbons (Fsp3) is 0.393. The Morgan fingerprint density at radius 2 is 1.70 bits per heavy atom. The number of nitrogens with one attached hydrogen (secondary N) is 1. The zero-order valence-corrected chi connectivity index (χ0v) is 22.2. The number of benzene rings is 2. The lowest BCUT2D eigenvalue weighted by molar-refractivity contribution is 0.0946. The van der Waals surface area contributed by atoms with Crippen molar-refractivity contribution in [2.24, 2.45) is 11.8 Å². The molecule has 0 unspecified atom stereocenters. The van der Waals surface area contributed by atoms with Gasteiger partial charge < -0.3 is 5.32 Å². The smallest absolute Gasteiger partial charge is 0.352 e. The summed E-state index contributed by atoms with van der Waals surface area (Å²) in [5, 5.41) is 7.60. The molecule has 0 fully saturated rings. The Labute approximate surface area is 214 Å². The lowest BCUT2D eigenvalue weighted by Crippen LogP contribution is -2.30. The van der Waals surface area contributed by atoms with Gasteiger partial charge in [-0.05, 0) is 55.5 Å². The largest absolute Gasteiger partial charge is 0.352 e. The summed E-state index contributed by atoms with van der Waals surface area (Å²) in [6.07, 6.45) is 0. The Balaban J connectivity index is 1.90. The number of hydrogen-bond acceptors (Lipinski definition) is 5. The molecule has 0 bridgehead atoms. The maximum atomic E-state index is 13.6. The summed E-state index contributed by atoms with van der Waals surface area (Å²) in [7, 11) is 0. The van der Waals surface area contributed by atoms with Crippen LogP contribution in [0.25, 0.3) is 16.7 Å². The van der Waals surface area contributed by atoms with Crippen molar-refractivity contribution >= 4 is 28.4 Å². The van der Waals surface area contributed by atoms with Crippen molar-refractivity contribution in [2.75, 3.05) is 6.54 Å². The molecule has 0 aliphatic carbocycles. The van der Waals surface area contributed by atoms with Gasteiger partial charge in [-0.25, -0.2) is 13.9 Å². The van der Waals surface area contributed by atoms with E-state index < -0.39 is 5.69 Å². The molecule has 0 spiro atoms. The molecule has 2 heterocycles. The van der Waals surface area contributed by atoms with Crippen LogP contribution in [0.2, 0.25) is 0 Å². The number of amides is 1. The first-order valence-electron chi connectivity index (χ1n) is 12.5. The van der Waals surface area contributed by atoms with Crippen molar-refractivity contribution in [1.82, 2.24) is 24.1 Å². The topological polar surface area (TPSA) is 107 Å². The molecule has 37 heavy (non-hydrogen) atoms. The summed E-state index contributed by atoms with van der Waals surface area (Å²) < 4.78 is 3.89. The number of aromatic nitrogens is 4. The predicted octanol–water partition coefficient (Wildman–Crippen LogP) is 3.35. The number of fused-ring (bicyclic) bond motifs is 3. The number of nitrogens with zero attached hydrogens (tertiary/aromatic N) is 4. The second kappa shape index (κ2) is 10.2. The first kappa shape index (κ1) is 26.1. The predicted molar refractivity (Wildman–Crippen MR) is 143 cm³/mol. The monoisotopic (exact) mass is 503 g/mol. The molecule has 1 N–H and O–H groups in total. The molecule has 0 radical (unpaired) electrons. The lowest BCUT2D eigenvalue weighted by Gasteiger charge is -2.13. The summed E-state index contributed by atoms with van der Waals surface area (Å²) in [6.45, 7) is 12.2. The molecule has 0 aliphatic rings. The number of aryl methyl sites for hydroxylation is 2. The van der Waals surface area contributed by atoms with Crippen molar-refractivity contribution in [1.29, 1.82) is 0 Å². The van der Waals surface area contributed by atoms with Gasteiger partial charge in [-0.3, -0.25) is 19.0 Å². The SMILES string of the molecule is Cc1ccc(C)c(C(=O)Cn2nc3n(CC(C)C)c(=O)c4ccc(C(=O)NCC(C)C)cc4n3c2=O)c1. The summed E-state index contributed by atoms with van der Waals surface area (Å²) in [5.41, 5.74) is 2.05. The van der Waals surface area contributed by atoms with Gasteiger partial charge in [0.15, 0.2) is 5.78 Å². The highest BCUT2D eigenvalue weighted by Crippen LogP contribution is 2.16. The molecule has 1 amide bonds. The second-order valence-corrected chi connectivity index (χ2v) is 10.5. The highest BCUT2D eigenvalue weighted by Gasteiger charge is 2.21. The van der Waals surface area contributed by atoms with E-state index in [1.165, 1.54) is 8.97 Å². The summed E-state index contributed by atoms with van der Waals surface area (Å²) in [6, 6.07) is 10.3. The molecule has 0 saturated carbocycles. The van der Waals surface area contributed by atoms with Crippen LogP contribution < -0.4 is 16.6 Å². The van der Waals surface area contributed by atoms with Crippen molar-refractivity contribution in [3.05, 3.63) is 79.5 Å². The van der Waals surface area contributed by atoms with Crippen LogP contribution >= 0.6 is 0 Å². The van der Waals surface area contributed by atoms with Crippen LogP contribution in [0.1, 0.15) is 59.5 Å². The minimum Gasteiger partial charge on any atom is -0.352 e. The third-order valence-electron chi connectivity index (χ3n) is 6.25. The van der Waals surface area contributed by atoms with Crippen LogP contribution in [-0.4, -0.2) is 37.0 Å². The molecule has 0 saturated heterocycles. The van der Waals surface area contributed by atoms with Gasteiger partial charge in [0.1, 0.15) is 6.54 Å². The lowest BCUT2D eigenvalue weighted by atomic mass is 10.0. The molecular weight excluding hydrogens is 470 g/mol. The number of carbonyl (C=O) groups excluding carboxylic acids is 2. The van der Waals surface area contributed by atoms with E-state index in [0.717, 1.165) is 15.8 Å². The van der Waals surface area contributed by atoms with E-state index in [4.69, 9.17) is 0 Å². The van der Waals surface area contributed by atoms with Crippen LogP contribution in [0.3, 0.4) is 0 Å². The van der Waals surface area contributed by atoms with E-state index in [9.17, 15) is 19.2 Å². The van der Waals surface area contributed by atoms with Gasteiger partial charge in [0, 0.05) is 24.2 Å². The molecular formula is C28H33N5O4. The third-order valence-corrected chi connectivity index (χ3v) is 6.25. The number of carbonyl (C=O) groups is 2. The van der Waals surface area contributed by atoms with Crippen LogP contribution in [0.15, 0.2) is 46.0 Å².